The molecule has 4 nitrogen and oxygen atoms in total. The average molecular weight is 288 g/mol. The zero-order valence-corrected chi connectivity index (χ0v) is 12.3. The molecule has 2 aromatic rings. The van der Waals surface area contributed by atoms with E-state index in [4.69, 9.17) is 0 Å². The second kappa shape index (κ2) is 5.91. The van der Waals surface area contributed by atoms with Gasteiger partial charge in [-0.1, -0.05) is 17.7 Å². The standard InChI is InChI=1S/C16H17FN2O2/c1-11(2)7-8-18-9-10-19(16(21)15(18)20)14-6-4-5-13(17)12(14)3/h4-7,9-10H,8H2,1-3H3. The molecule has 0 saturated heterocycles. The third kappa shape index (κ3) is 3.02. The fourth-order valence-electron chi connectivity index (χ4n) is 1.98. The summed E-state index contributed by atoms with van der Waals surface area (Å²) in [6.07, 6.45) is 4.89. The zero-order valence-electron chi connectivity index (χ0n) is 12.3. The van der Waals surface area contributed by atoms with Crippen LogP contribution in [0.15, 0.2) is 51.8 Å². The van der Waals surface area contributed by atoms with Crippen LogP contribution in [-0.2, 0) is 6.54 Å². The first-order chi connectivity index (χ1) is 9.91. The third-order valence-electron chi connectivity index (χ3n) is 3.25. The number of halogens is 1. The van der Waals surface area contributed by atoms with Crippen LogP contribution in [-0.4, -0.2) is 9.13 Å². The monoisotopic (exact) mass is 288 g/mol. The number of hydrogen-bond donors (Lipinski definition) is 0. The molecule has 0 radical (unpaired) electrons. The minimum absolute atomic E-state index is 0.334. The summed E-state index contributed by atoms with van der Waals surface area (Å²) in [5.41, 5.74) is 0.464. The van der Waals surface area contributed by atoms with Gasteiger partial charge in [-0.2, -0.15) is 0 Å². The quantitative estimate of drug-likeness (QED) is 0.643. The number of benzene rings is 1. The summed E-state index contributed by atoms with van der Waals surface area (Å²) in [4.78, 5) is 24.3. The molecule has 2 rings (SSSR count). The van der Waals surface area contributed by atoms with Gasteiger partial charge >= 0.3 is 11.1 Å². The molecule has 0 bridgehead atoms. The lowest BCUT2D eigenvalue weighted by molar-refractivity contribution is 0.615. The van der Waals surface area contributed by atoms with E-state index in [1.807, 2.05) is 19.9 Å². The first-order valence-electron chi connectivity index (χ1n) is 6.62. The Labute approximate surface area is 121 Å². The number of hydrogen-bond acceptors (Lipinski definition) is 2. The SMILES string of the molecule is CC(C)=CCn1ccn(-c2cccc(F)c2C)c(=O)c1=O. The van der Waals surface area contributed by atoms with Crippen LogP contribution < -0.4 is 11.1 Å². The summed E-state index contributed by atoms with van der Waals surface area (Å²) in [5.74, 6) is -0.409. The summed E-state index contributed by atoms with van der Waals surface area (Å²) in [6.45, 7) is 5.76. The van der Waals surface area contributed by atoms with Gasteiger partial charge in [0.05, 0.1) is 5.69 Å². The van der Waals surface area contributed by atoms with Gasteiger partial charge in [-0.15, -0.1) is 0 Å². The second-order valence-electron chi connectivity index (χ2n) is 5.10. The molecule has 1 aromatic carbocycles. The molecule has 0 aliphatic heterocycles. The van der Waals surface area contributed by atoms with Crippen LogP contribution in [0.5, 0.6) is 0 Å². The van der Waals surface area contributed by atoms with Crippen molar-refractivity contribution in [2.45, 2.75) is 27.3 Å². The maximum absolute atomic E-state index is 13.6. The lowest BCUT2D eigenvalue weighted by Crippen LogP contribution is -2.40. The molecule has 0 aliphatic carbocycles. The van der Waals surface area contributed by atoms with Crippen LogP contribution in [0.4, 0.5) is 4.39 Å². The highest BCUT2D eigenvalue weighted by Gasteiger charge is 2.10. The molecule has 21 heavy (non-hydrogen) atoms. The predicted molar refractivity (Wildman–Crippen MR) is 80.4 cm³/mol. The Morgan fingerprint density at radius 1 is 1.19 bits per heavy atom. The molecule has 0 spiro atoms. The Morgan fingerprint density at radius 2 is 1.90 bits per heavy atom. The van der Waals surface area contributed by atoms with Crippen molar-refractivity contribution in [1.82, 2.24) is 9.13 Å². The normalized spacial score (nSPS) is 10.5. The van der Waals surface area contributed by atoms with Crippen molar-refractivity contribution in [2.75, 3.05) is 0 Å². The van der Waals surface area contributed by atoms with Crippen LogP contribution in [0.1, 0.15) is 19.4 Å². The molecule has 0 N–H and O–H groups in total. The topological polar surface area (TPSA) is 44.0 Å². The fraction of sp³-hybridized carbons (Fsp3) is 0.250. The van der Waals surface area contributed by atoms with Gasteiger partial charge in [0.25, 0.3) is 0 Å². The molecule has 1 heterocycles. The summed E-state index contributed by atoms with van der Waals surface area (Å²) < 4.78 is 16.1. The van der Waals surface area contributed by atoms with E-state index in [2.05, 4.69) is 0 Å². The summed E-state index contributed by atoms with van der Waals surface area (Å²) >= 11 is 0. The molecule has 5 heteroatoms. The van der Waals surface area contributed by atoms with E-state index in [9.17, 15) is 14.0 Å². The van der Waals surface area contributed by atoms with Crippen LogP contribution >= 0.6 is 0 Å². The van der Waals surface area contributed by atoms with Gasteiger partial charge in [-0.25, -0.2) is 4.39 Å². The van der Waals surface area contributed by atoms with Gasteiger partial charge in [0, 0.05) is 24.5 Å². The first-order valence-corrected chi connectivity index (χ1v) is 6.62. The average Bonchev–Trinajstić information content (AvgIpc) is 2.44. The number of allylic oxidation sites excluding steroid dienone is 2. The smallest absolute Gasteiger partial charge is 0.305 e. The fourth-order valence-corrected chi connectivity index (χ4v) is 1.98. The van der Waals surface area contributed by atoms with Crippen molar-refractivity contribution in [3.63, 3.8) is 0 Å². The molecule has 0 saturated carbocycles. The molecule has 0 atom stereocenters. The predicted octanol–water partition coefficient (Wildman–Crippen LogP) is 2.41. The van der Waals surface area contributed by atoms with Crippen molar-refractivity contribution >= 4 is 0 Å². The number of aromatic nitrogens is 2. The van der Waals surface area contributed by atoms with Gasteiger partial charge in [-0.05, 0) is 32.9 Å². The molecular formula is C16H17FN2O2. The van der Waals surface area contributed by atoms with Crippen molar-refractivity contribution in [3.05, 3.63) is 74.3 Å². The van der Waals surface area contributed by atoms with E-state index >= 15 is 0 Å². The molecule has 0 amide bonds. The van der Waals surface area contributed by atoms with Crippen molar-refractivity contribution in [2.24, 2.45) is 0 Å². The van der Waals surface area contributed by atoms with Crippen molar-refractivity contribution in [1.29, 1.82) is 0 Å². The lowest BCUT2D eigenvalue weighted by atomic mass is 10.2. The van der Waals surface area contributed by atoms with Crippen molar-refractivity contribution < 1.29 is 4.39 Å². The van der Waals surface area contributed by atoms with E-state index in [0.29, 0.717) is 17.8 Å². The minimum Gasteiger partial charge on any atom is -0.305 e. The van der Waals surface area contributed by atoms with Gasteiger partial charge in [0.15, 0.2) is 0 Å². The zero-order chi connectivity index (χ0) is 15.6. The largest absolute Gasteiger partial charge is 0.320 e. The molecule has 0 aliphatic rings. The highest BCUT2D eigenvalue weighted by molar-refractivity contribution is 5.40. The second-order valence-corrected chi connectivity index (χ2v) is 5.10. The summed E-state index contributed by atoms with van der Waals surface area (Å²) in [5, 5.41) is 0. The Hall–Kier alpha value is -2.43. The van der Waals surface area contributed by atoms with Gasteiger partial charge in [0.1, 0.15) is 5.82 Å². The maximum atomic E-state index is 13.6. The Bertz CT molecular complexity index is 812. The van der Waals surface area contributed by atoms with Crippen molar-refractivity contribution in [3.8, 4) is 5.69 Å². The van der Waals surface area contributed by atoms with Gasteiger partial charge in [0.2, 0.25) is 0 Å². The van der Waals surface area contributed by atoms with E-state index in [1.54, 1.807) is 13.0 Å². The van der Waals surface area contributed by atoms with Crippen LogP contribution in [0.3, 0.4) is 0 Å². The van der Waals surface area contributed by atoms with Crippen LogP contribution in [0.25, 0.3) is 5.69 Å². The highest BCUT2D eigenvalue weighted by atomic mass is 19.1. The minimum atomic E-state index is -0.687. The highest BCUT2D eigenvalue weighted by Crippen LogP contribution is 2.14. The van der Waals surface area contributed by atoms with E-state index < -0.39 is 16.9 Å². The first kappa shape index (κ1) is 15.0. The van der Waals surface area contributed by atoms with Gasteiger partial charge in [-0.3, -0.25) is 14.2 Å². The van der Waals surface area contributed by atoms with Crippen LogP contribution in [0, 0.1) is 12.7 Å². The Kier molecular flexibility index (Phi) is 4.21. The molecular weight excluding hydrogens is 271 g/mol. The molecule has 1 aromatic heterocycles. The van der Waals surface area contributed by atoms with Gasteiger partial charge < -0.3 is 4.57 Å². The van der Waals surface area contributed by atoms with E-state index in [0.717, 1.165) is 5.57 Å². The number of rotatable bonds is 3. The lowest BCUT2D eigenvalue weighted by Gasteiger charge is -2.10. The summed E-state index contributed by atoms with van der Waals surface area (Å²) in [6, 6.07) is 4.44. The Balaban J connectivity index is 2.56. The van der Waals surface area contributed by atoms with E-state index in [-0.39, 0.29) is 0 Å². The third-order valence-corrected chi connectivity index (χ3v) is 3.25. The summed E-state index contributed by atoms with van der Waals surface area (Å²) in [7, 11) is 0. The molecule has 110 valence electrons. The maximum Gasteiger partial charge on any atom is 0.320 e. The molecule has 0 fully saturated rings. The Morgan fingerprint density at radius 3 is 2.57 bits per heavy atom. The number of nitrogens with zero attached hydrogens (tertiary/aromatic N) is 2. The molecule has 0 unspecified atom stereocenters. The van der Waals surface area contributed by atoms with Crippen LogP contribution in [0.2, 0.25) is 0 Å². The van der Waals surface area contributed by atoms with E-state index in [1.165, 1.54) is 33.7 Å².